The number of carbonyl (C=O) groups excluding carboxylic acids is 1. The smallest absolute Gasteiger partial charge is 0.225 e. The van der Waals surface area contributed by atoms with Crippen LogP contribution in [0.4, 0.5) is 11.5 Å². The number of pyridine rings is 1. The van der Waals surface area contributed by atoms with E-state index in [-0.39, 0.29) is 29.8 Å². The summed E-state index contributed by atoms with van der Waals surface area (Å²) in [6.07, 6.45) is 1.37. The van der Waals surface area contributed by atoms with Gasteiger partial charge in [-0.25, -0.2) is 13.4 Å². The number of amides is 1. The third-order valence-electron chi connectivity index (χ3n) is 2.30. The summed E-state index contributed by atoms with van der Waals surface area (Å²) in [5.74, 6) is 0.0362. The fourth-order valence-electron chi connectivity index (χ4n) is 1.54. The number of rotatable bonds is 6. The zero-order valence-electron chi connectivity index (χ0n) is 11.1. The third-order valence-corrected chi connectivity index (χ3v) is 4.30. The van der Waals surface area contributed by atoms with Gasteiger partial charge in [0.1, 0.15) is 5.82 Å². The van der Waals surface area contributed by atoms with Crippen molar-refractivity contribution in [3.05, 3.63) is 18.3 Å². The van der Waals surface area contributed by atoms with E-state index in [1.807, 2.05) is 13.8 Å². The fraction of sp³-hybridized carbons (Fsp3) is 0.500. The molecule has 0 atom stereocenters. The van der Waals surface area contributed by atoms with Crippen LogP contribution in [0.1, 0.15) is 20.3 Å². The first-order valence-corrected chi connectivity index (χ1v) is 7.82. The maximum Gasteiger partial charge on any atom is 0.225 e. The van der Waals surface area contributed by atoms with Crippen molar-refractivity contribution in [2.75, 3.05) is 22.6 Å². The summed E-state index contributed by atoms with van der Waals surface area (Å²) in [6.45, 7) is 3.66. The summed E-state index contributed by atoms with van der Waals surface area (Å²) in [5.41, 5.74) is 5.92. The van der Waals surface area contributed by atoms with Crippen molar-refractivity contribution in [2.45, 2.75) is 20.3 Å². The molecular formula is C12H19N3O3S. The molecule has 0 saturated carbocycles. The molecule has 3 N–H and O–H groups in total. The highest BCUT2D eigenvalue weighted by atomic mass is 32.2. The first kappa shape index (κ1) is 15.4. The topological polar surface area (TPSA) is 102 Å². The second-order valence-corrected chi connectivity index (χ2v) is 7.01. The Balaban J connectivity index is 2.46. The standard InChI is InChI=1S/C12H19N3O3S/c1-9(2)8-19(17,18)6-5-12(16)15-10-3-4-11(13)14-7-10/h3-4,7,9H,5-6,8H2,1-2H3,(H2,13,14)(H,15,16). The summed E-state index contributed by atoms with van der Waals surface area (Å²) >= 11 is 0. The van der Waals surface area contributed by atoms with Crippen LogP contribution in [0.5, 0.6) is 0 Å². The van der Waals surface area contributed by atoms with Gasteiger partial charge >= 0.3 is 0 Å². The van der Waals surface area contributed by atoms with Crippen molar-refractivity contribution in [1.82, 2.24) is 4.98 Å². The average Bonchev–Trinajstić information content (AvgIpc) is 2.28. The maximum absolute atomic E-state index is 11.6. The number of sulfone groups is 1. The highest BCUT2D eigenvalue weighted by Gasteiger charge is 2.15. The Morgan fingerprint density at radius 2 is 2.11 bits per heavy atom. The number of hydrogen-bond acceptors (Lipinski definition) is 5. The number of carbonyl (C=O) groups is 1. The number of anilines is 2. The van der Waals surface area contributed by atoms with Gasteiger partial charge in [0.25, 0.3) is 0 Å². The quantitative estimate of drug-likeness (QED) is 0.813. The van der Waals surface area contributed by atoms with E-state index in [1.165, 1.54) is 6.20 Å². The summed E-state index contributed by atoms with van der Waals surface area (Å²) in [5, 5.41) is 2.57. The van der Waals surface area contributed by atoms with Crippen LogP contribution < -0.4 is 11.1 Å². The van der Waals surface area contributed by atoms with Crippen LogP contribution in [0.25, 0.3) is 0 Å². The molecule has 0 spiro atoms. The first-order valence-electron chi connectivity index (χ1n) is 6.00. The number of hydrogen-bond donors (Lipinski definition) is 2. The van der Waals surface area contributed by atoms with Gasteiger partial charge < -0.3 is 11.1 Å². The Kier molecular flexibility index (Phi) is 5.29. The van der Waals surface area contributed by atoms with Gasteiger partial charge in [0.15, 0.2) is 9.84 Å². The highest BCUT2D eigenvalue weighted by molar-refractivity contribution is 7.91. The van der Waals surface area contributed by atoms with Crippen molar-refractivity contribution in [3.63, 3.8) is 0 Å². The van der Waals surface area contributed by atoms with Crippen LogP contribution in [-0.4, -0.2) is 30.8 Å². The molecule has 0 aliphatic heterocycles. The number of nitrogens with two attached hydrogens (primary N) is 1. The van der Waals surface area contributed by atoms with E-state index in [0.29, 0.717) is 11.5 Å². The Hall–Kier alpha value is -1.63. The summed E-state index contributed by atoms with van der Waals surface area (Å²) in [7, 11) is -3.17. The molecule has 0 aliphatic carbocycles. The lowest BCUT2D eigenvalue weighted by Gasteiger charge is -2.07. The molecule has 0 fully saturated rings. The fourth-order valence-corrected chi connectivity index (χ4v) is 3.22. The van der Waals surface area contributed by atoms with E-state index in [1.54, 1.807) is 12.1 Å². The maximum atomic E-state index is 11.6. The average molecular weight is 285 g/mol. The number of aromatic nitrogens is 1. The van der Waals surface area contributed by atoms with Gasteiger partial charge in [0.2, 0.25) is 5.91 Å². The van der Waals surface area contributed by atoms with Crippen LogP contribution in [0.3, 0.4) is 0 Å². The Morgan fingerprint density at radius 1 is 1.42 bits per heavy atom. The molecule has 0 saturated heterocycles. The molecule has 1 heterocycles. The molecule has 0 aromatic carbocycles. The van der Waals surface area contributed by atoms with E-state index in [9.17, 15) is 13.2 Å². The van der Waals surface area contributed by atoms with Gasteiger partial charge in [-0.3, -0.25) is 4.79 Å². The number of nitrogens with one attached hydrogen (secondary N) is 1. The number of nitrogen functional groups attached to an aromatic ring is 1. The Labute approximate surface area is 113 Å². The van der Waals surface area contributed by atoms with E-state index in [0.717, 1.165) is 0 Å². The SMILES string of the molecule is CC(C)CS(=O)(=O)CCC(=O)Nc1ccc(N)nc1. The molecule has 6 nitrogen and oxygen atoms in total. The Morgan fingerprint density at radius 3 is 2.63 bits per heavy atom. The molecule has 106 valence electrons. The minimum atomic E-state index is -3.17. The molecule has 0 aliphatic rings. The van der Waals surface area contributed by atoms with E-state index in [2.05, 4.69) is 10.3 Å². The van der Waals surface area contributed by atoms with Crippen LogP contribution in [-0.2, 0) is 14.6 Å². The van der Waals surface area contributed by atoms with Crippen LogP contribution in [0.2, 0.25) is 0 Å². The molecule has 0 radical (unpaired) electrons. The monoisotopic (exact) mass is 285 g/mol. The van der Waals surface area contributed by atoms with Crippen LogP contribution >= 0.6 is 0 Å². The summed E-state index contributed by atoms with van der Waals surface area (Å²) in [6, 6.07) is 3.17. The van der Waals surface area contributed by atoms with E-state index < -0.39 is 9.84 Å². The van der Waals surface area contributed by atoms with Gasteiger partial charge in [-0.2, -0.15) is 0 Å². The van der Waals surface area contributed by atoms with Crippen molar-refractivity contribution >= 4 is 27.2 Å². The zero-order valence-corrected chi connectivity index (χ0v) is 11.9. The van der Waals surface area contributed by atoms with E-state index >= 15 is 0 Å². The summed E-state index contributed by atoms with van der Waals surface area (Å²) in [4.78, 5) is 15.4. The second-order valence-electron chi connectivity index (χ2n) is 4.78. The largest absolute Gasteiger partial charge is 0.384 e. The molecule has 1 amide bonds. The molecular weight excluding hydrogens is 266 g/mol. The normalized spacial score (nSPS) is 11.5. The van der Waals surface area contributed by atoms with Gasteiger partial charge in [-0.1, -0.05) is 13.8 Å². The highest BCUT2D eigenvalue weighted by Crippen LogP contribution is 2.08. The van der Waals surface area contributed by atoms with Crippen molar-refractivity contribution in [3.8, 4) is 0 Å². The Bertz CT molecular complexity index is 524. The molecule has 1 aromatic rings. The predicted octanol–water partition coefficient (Wildman–Crippen LogP) is 1.06. The van der Waals surface area contributed by atoms with Gasteiger partial charge in [-0.05, 0) is 18.1 Å². The lowest BCUT2D eigenvalue weighted by molar-refractivity contribution is -0.115. The first-order chi connectivity index (χ1) is 8.78. The lowest BCUT2D eigenvalue weighted by Crippen LogP contribution is -2.21. The van der Waals surface area contributed by atoms with Gasteiger partial charge in [0.05, 0.1) is 23.4 Å². The minimum absolute atomic E-state index is 0.0561. The van der Waals surface area contributed by atoms with Gasteiger partial charge in [0, 0.05) is 6.42 Å². The zero-order chi connectivity index (χ0) is 14.5. The van der Waals surface area contributed by atoms with Crippen molar-refractivity contribution in [1.29, 1.82) is 0 Å². The third kappa shape index (κ3) is 6.19. The van der Waals surface area contributed by atoms with Crippen molar-refractivity contribution < 1.29 is 13.2 Å². The predicted molar refractivity (Wildman–Crippen MR) is 75.4 cm³/mol. The van der Waals surface area contributed by atoms with Gasteiger partial charge in [-0.15, -0.1) is 0 Å². The molecule has 19 heavy (non-hydrogen) atoms. The van der Waals surface area contributed by atoms with E-state index in [4.69, 9.17) is 5.73 Å². The number of nitrogens with zero attached hydrogens (tertiary/aromatic N) is 1. The van der Waals surface area contributed by atoms with Crippen LogP contribution in [0, 0.1) is 5.92 Å². The molecule has 1 aromatic heterocycles. The molecule has 0 unspecified atom stereocenters. The molecule has 1 rings (SSSR count). The molecule has 7 heteroatoms. The lowest BCUT2D eigenvalue weighted by atomic mass is 10.3. The minimum Gasteiger partial charge on any atom is -0.384 e. The summed E-state index contributed by atoms with van der Waals surface area (Å²) < 4.78 is 23.3. The van der Waals surface area contributed by atoms with Crippen molar-refractivity contribution in [2.24, 2.45) is 5.92 Å². The second kappa shape index (κ2) is 6.51. The molecule has 0 bridgehead atoms. The van der Waals surface area contributed by atoms with Crippen LogP contribution in [0.15, 0.2) is 18.3 Å².